The summed E-state index contributed by atoms with van der Waals surface area (Å²) < 4.78 is 1.51. The minimum absolute atomic E-state index is 0.249. The lowest BCUT2D eigenvalue weighted by atomic mass is 9.93. The number of aromatic nitrogens is 3. The van der Waals surface area contributed by atoms with Crippen LogP contribution in [-0.2, 0) is 0 Å². The van der Waals surface area contributed by atoms with Crippen molar-refractivity contribution in [1.29, 1.82) is 0 Å². The second kappa shape index (κ2) is 6.16. The smallest absolute Gasteiger partial charge is 0.265 e. The van der Waals surface area contributed by atoms with Crippen molar-refractivity contribution in [2.75, 3.05) is 0 Å². The molecular weight excluding hydrogens is 362 g/mol. The molecule has 1 aliphatic heterocycles. The van der Waals surface area contributed by atoms with Crippen LogP contribution >= 0.6 is 11.6 Å². The molecule has 1 amide bonds. The molecule has 6 nitrogen and oxygen atoms in total. The summed E-state index contributed by atoms with van der Waals surface area (Å²) in [5.41, 5.74) is 4.74. The molecule has 1 aliphatic rings. The lowest BCUT2D eigenvalue weighted by molar-refractivity contribution is 0.0607. The maximum absolute atomic E-state index is 13.1. The molecule has 3 aromatic rings. The minimum Gasteiger partial charge on any atom is -0.265 e. The van der Waals surface area contributed by atoms with Gasteiger partial charge in [-0.2, -0.15) is 10.2 Å². The highest BCUT2D eigenvalue weighted by Gasteiger charge is 2.39. The van der Waals surface area contributed by atoms with E-state index in [-0.39, 0.29) is 5.91 Å². The van der Waals surface area contributed by atoms with Crippen molar-refractivity contribution in [3.8, 4) is 0 Å². The van der Waals surface area contributed by atoms with Crippen LogP contribution in [0.3, 0.4) is 0 Å². The first kappa shape index (κ1) is 17.7. The Morgan fingerprint density at radius 3 is 2.56 bits per heavy atom. The van der Waals surface area contributed by atoms with E-state index < -0.39 is 5.54 Å². The molecule has 3 heterocycles. The molecule has 0 N–H and O–H groups in total. The SMILES string of the molecule is Cc1cc(C)cc(C2=NN(C(=O)c3cn4nc(Cl)ccc4n3)C(C)(C)C2)c1. The quantitative estimate of drug-likeness (QED) is 0.673. The second-order valence-electron chi connectivity index (χ2n) is 7.61. The Labute approximate surface area is 162 Å². The van der Waals surface area contributed by atoms with Gasteiger partial charge in [-0.3, -0.25) is 4.79 Å². The Hall–Kier alpha value is -2.73. The standard InChI is InChI=1S/C20H20ClN5O/c1-12-7-13(2)9-14(8-12)15-10-20(3,4)26(23-15)19(27)16-11-25-18(22-16)6-5-17(21)24-25/h5-9,11H,10H2,1-4H3. The van der Waals surface area contributed by atoms with Gasteiger partial charge in [0, 0.05) is 6.42 Å². The van der Waals surface area contributed by atoms with E-state index in [1.807, 2.05) is 13.8 Å². The fourth-order valence-electron chi connectivity index (χ4n) is 3.47. The van der Waals surface area contributed by atoms with E-state index in [0.717, 1.165) is 11.3 Å². The third-order valence-electron chi connectivity index (χ3n) is 4.65. The lowest BCUT2D eigenvalue weighted by Gasteiger charge is -2.27. The van der Waals surface area contributed by atoms with Crippen LogP contribution in [0, 0.1) is 13.8 Å². The summed E-state index contributed by atoms with van der Waals surface area (Å²) in [5.74, 6) is -0.249. The third kappa shape index (κ3) is 3.21. The fourth-order valence-corrected chi connectivity index (χ4v) is 3.61. The maximum Gasteiger partial charge on any atom is 0.294 e. The Morgan fingerprint density at radius 1 is 1.15 bits per heavy atom. The van der Waals surface area contributed by atoms with Crippen LogP contribution in [0.1, 0.15) is 47.4 Å². The first-order chi connectivity index (χ1) is 12.7. The number of nitrogens with zero attached hydrogens (tertiary/aromatic N) is 5. The van der Waals surface area contributed by atoms with Crippen molar-refractivity contribution in [2.45, 2.75) is 39.7 Å². The van der Waals surface area contributed by atoms with Gasteiger partial charge in [0.15, 0.2) is 11.3 Å². The van der Waals surface area contributed by atoms with E-state index in [2.05, 4.69) is 47.2 Å². The second-order valence-corrected chi connectivity index (χ2v) is 8.00. The van der Waals surface area contributed by atoms with Crippen LogP contribution < -0.4 is 0 Å². The van der Waals surface area contributed by atoms with Crippen molar-refractivity contribution in [3.63, 3.8) is 0 Å². The zero-order chi connectivity index (χ0) is 19.3. The van der Waals surface area contributed by atoms with Gasteiger partial charge in [0.1, 0.15) is 5.15 Å². The molecule has 138 valence electrons. The van der Waals surface area contributed by atoms with E-state index in [1.54, 1.807) is 18.3 Å². The van der Waals surface area contributed by atoms with Crippen molar-refractivity contribution in [3.05, 3.63) is 64.1 Å². The van der Waals surface area contributed by atoms with Gasteiger partial charge >= 0.3 is 0 Å². The normalized spacial score (nSPS) is 16.0. The van der Waals surface area contributed by atoms with E-state index in [1.165, 1.54) is 20.7 Å². The van der Waals surface area contributed by atoms with Gasteiger partial charge in [0.25, 0.3) is 5.91 Å². The number of hydrogen-bond donors (Lipinski definition) is 0. The number of carbonyl (C=O) groups excluding carboxylic acids is 1. The van der Waals surface area contributed by atoms with Crippen LogP contribution in [-0.4, -0.2) is 36.8 Å². The Bertz CT molecular complexity index is 1080. The molecule has 2 aromatic heterocycles. The van der Waals surface area contributed by atoms with Gasteiger partial charge in [-0.25, -0.2) is 14.5 Å². The van der Waals surface area contributed by atoms with Gasteiger partial charge in [-0.05, 0) is 45.4 Å². The molecule has 27 heavy (non-hydrogen) atoms. The topological polar surface area (TPSA) is 62.9 Å². The summed E-state index contributed by atoms with van der Waals surface area (Å²) in [6.07, 6.45) is 2.27. The predicted octanol–water partition coefficient (Wildman–Crippen LogP) is 4.03. The molecule has 0 unspecified atom stereocenters. The van der Waals surface area contributed by atoms with Gasteiger partial charge in [-0.1, -0.05) is 40.9 Å². The number of fused-ring (bicyclic) bond motifs is 1. The molecule has 0 aliphatic carbocycles. The molecule has 0 fully saturated rings. The number of amides is 1. The van der Waals surface area contributed by atoms with Gasteiger partial charge in [0.2, 0.25) is 0 Å². The highest BCUT2D eigenvalue weighted by atomic mass is 35.5. The molecule has 4 rings (SSSR count). The lowest BCUT2D eigenvalue weighted by Crippen LogP contribution is -2.41. The summed E-state index contributed by atoms with van der Waals surface area (Å²) in [5, 5.41) is 10.7. The molecule has 0 saturated carbocycles. The number of hydrazone groups is 1. The van der Waals surface area contributed by atoms with Crippen molar-refractivity contribution >= 4 is 28.9 Å². The highest BCUT2D eigenvalue weighted by molar-refractivity contribution is 6.29. The largest absolute Gasteiger partial charge is 0.294 e. The van der Waals surface area contributed by atoms with E-state index in [9.17, 15) is 4.79 Å². The molecule has 0 spiro atoms. The first-order valence-corrected chi connectivity index (χ1v) is 9.13. The highest BCUT2D eigenvalue weighted by Crippen LogP contribution is 2.31. The van der Waals surface area contributed by atoms with Crippen LogP contribution in [0.4, 0.5) is 0 Å². The summed E-state index contributed by atoms with van der Waals surface area (Å²) in [4.78, 5) is 17.5. The van der Waals surface area contributed by atoms with Gasteiger partial charge in [-0.15, -0.1) is 0 Å². The average molecular weight is 382 g/mol. The van der Waals surface area contributed by atoms with Gasteiger partial charge in [0.05, 0.1) is 17.4 Å². The molecule has 0 bridgehead atoms. The average Bonchev–Trinajstić information content (AvgIpc) is 3.13. The number of carbonyl (C=O) groups is 1. The molecule has 0 saturated heterocycles. The first-order valence-electron chi connectivity index (χ1n) is 8.76. The fraction of sp³-hybridized carbons (Fsp3) is 0.300. The van der Waals surface area contributed by atoms with Crippen LogP contribution in [0.5, 0.6) is 0 Å². The molecule has 0 atom stereocenters. The zero-order valence-electron chi connectivity index (χ0n) is 15.7. The molecule has 1 aromatic carbocycles. The number of halogens is 1. The predicted molar refractivity (Wildman–Crippen MR) is 105 cm³/mol. The number of rotatable bonds is 2. The van der Waals surface area contributed by atoms with Gasteiger partial charge < -0.3 is 0 Å². The third-order valence-corrected chi connectivity index (χ3v) is 4.85. The summed E-state index contributed by atoms with van der Waals surface area (Å²) in [7, 11) is 0. The Kier molecular flexibility index (Phi) is 4.03. The van der Waals surface area contributed by atoms with E-state index in [0.29, 0.717) is 22.9 Å². The molecule has 7 heteroatoms. The number of aryl methyl sites for hydroxylation is 2. The number of hydrogen-bond acceptors (Lipinski definition) is 4. The summed E-state index contributed by atoms with van der Waals surface area (Å²) in [6, 6.07) is 9.71. The van der Waals surface area contributed by atoms with Crippen molar-refractivity contribution in [2.24, 2.45) is 5.10 Å². The van der Waals surface area contributed by atoms with Crippen LogP contribution in [0.25, 0.3) is 5.65 Å². The number of benzene rings is 1. The minimum atomic E-state index is -0.440. The van der Waals surface area contributed by atoms with Crippen LogP contribution in [0.2, 0.25) is 5.15 Å². The number of imidazole rings is 1. The van der Waals surface area contributed by atoms with Crippen LogP contribution in [0.15, 0.2) is 41.6 Å². The van der Waals surface area contributed by atoms with Crippen molar-refractivity contribution < 1.29 is 4.79 Å². The Morgan fingerprint density at radius 2 is 1.85 bits per heavy atom. The van der Waals surface area contributed by atoms with Crippen molar-refractivity contribution in [1.82, 2.24) is 19.6 Å². The monoisotopic (exact) mass is 381 g/mol. The Balaban J connectivity index is 1.72. The maximum atomic E-state index is 13.1. The van der Waals surface area contributed by atoms with E-state index in [4.69, 9.17) is 11.6 Å². The summed E-state index contributed by atoms with van der Waals surface area (Å²) >= 11 is 5.92. The molecule has 0 radical (unpaired) electrons. The summed E-state index contributed by atoms with van der Waals surface area (Å²) in [6.45, 7) is 8.15. The zero-order valence-corrected chi connectivity index (χ0v) is 16.4. The van der Waals surface area contributed by atoms with E-state index >= 15 is 0 Å². The molecular formula is C20H20ClN5O.